The standard InChI is InChI=1S/C25H27N3O4/c1-4-32-25(31)17-8-10-18(11-9-17)26-23(29)14-28-22-13-16(3)15(2)12-21(22)27-20-7-5-6-19(20)24(28)30/h8-13,19H,4-7,14H2,1-3H3,(H,26,29)/t19-/m0/s1. The third kappa shape index (κ3) is 4.28. The minimum Gasteiger partial charge on any atom is -0.462 e. The molecule has 0 bridgehead atoms. The number of hydrogen-bond acceptors (Lipinski definition) is 5. The highest BCUT2D eigenvalue weighted by atomic mass is 16.5. The maximum absolute atomic E-state index is 13.4. The molecule has 0 unspecified atom stereocenters. The maximum Gasteiger partial charge on any atom is 0.338 e. The van der Waals surface area contributed by atoms with Gasteiger partial charge in [-0.1, -0.05) is 0 Å². The molecule has 1 heterocycles. The van der Waals surface area contributed by atoms with E-state index < -0.39 is 5.97 Å². The second kappa shape index (κ2) is 8.94. The topological polar surface area (TPSA) is 88.1 Å². The van der Waals surface area contributed by atoms with E-state index in [9.17, 15) is 14.4 Å². The summed E-state index contributed by atoms with van der Waals surface area (Å²) in [5, 5.41) is 2.82. The van der Waals surface area contributed by atoms with E-state index in [0.29, 0.717) is 23.5 Å². The Morgan fingerprint density at radius 3 is 2.59 bits per heavy atom. The van der Waals surface area contributed by atoms with E-state index in [0.717, 1.165) is 41.8 Å². The Kier molecular flexibility index (Phi) is 6.08. The van der Waals surface area contributed by atoms with Crippen LogP contribution in [0.3, 0.4) is 0 Å². The smallest absolute Gasteiger partial charge is 0.338 e. The minimum atomic E-state index is -0.407. The number of nitrogens with zero attached hydrogens (tertiary/aromatic N) is 2. The fourth-order valence-electron chi connectivity index (χ4n) is 4.19. The first kappa shape index (κ1) is 21.7. The summed E-state index contributed by atoms with van der Waals surface area (Å²) in [5.74, 6) is -1.06. The first-order chi connectivity index (χ1) is 15.4. The van der Waals surface area contributed by atoms with Crippen LogP contribution in [0, 0.1) is 19.8 Å². The van der Waals surface area contributed by atoms with Crippen molar-refractivity contribution >= 4 is 40.6 Å². The van der Waals surface area contributed by atoms with Gasteiger partial charge in [0.25, 0.3) is 0 Å². The van der Waals surface area contributed by atoms with E-state index in [1.807, 2.05) is 26.0 Å². The number of aliphatic imine (C=N–C) groups is 1. The Hall–Kier alpha value is -3.48. The number of esters is 1. The zero-order chi connectivity index (χ0) is 22.8. The van der Waals surface area contributed by atoms with Gasteiger partial charge in [-0.05, 0) is 87.6 Å². The molecular weight excluding hydrogens is 406 g/mol. The van der Waals surface area contributed by atoms with Crippen LogP contribution in [0.1, 0.15) is 47.7 Å². The average molecular weight is 434 g/mol. The zero-order valence-electron chi connectivity index (χ0n) is 18.6. The van der Waals surface area contributed by atoms with Gasteiger partial charge in [0, 0.05) is 11.4 Å². The molecule has 2 aromatic carbocycles. The summed E-state index contributed by atoms with van der Waals surface area (Å²) in [6, 6.07) is 10.4. The van der Waals surface area contributed by atoms with Crippen molar-refractivity contribution in [3.8, 4) is 0 Å². The highest BCUT2D eigenvalue weighted by Crippen LogP contribution is 2.39. The number of amides is 2. The van der Waals surface area contributed by atoms with Crippen molar-refractivity contribution in [3.05, 3.63) is 53.1 Å². The van der Waals surface area contributed by atoms with Crippen molar-refractivity contribution in [2.24, 2.45) is 10.9 Å². The van der Waals surface area contributed by atoms with Crippen molar-refractivity contribution in [2.45, 2.75) is 40.0 Å². The maximum atomic E-state index is 13.4. The van der Waals surface area contributed by atoms with Crippen LogP contribution in [0.25, 0.3) is 0 Å². The molecule has 1 atom stereocenters. The first-order valence-electron chi connectivity index (χ1n) is 10.9. The van der Waals surface area contributed by atoms with Gasteiger partial charge < -0.3 is 15.0 Å². The molecule has 1 aliphatic carbocycles. The summed E-state index contributed by atoms with van der Waals surface area (Å²) >= 11 is 0. The number of benzene rings is 2. The Morgan fingerprint density at radius 2 is 1.88 bits per heavy atom. The van der Waals surface area contributed by atoms with E-state index >= 15 is 0 Å². The summed E-state index contributed by atoms with van der Waals surface area (Å²) in [6.07, 6.45) is 2.51. The fourth-order valence-corrected chi connectivity index (χ4v) is 4.19. The molecule has 7 heteroatoms. The predicted octanol–water partition coefficient (Wildman–Crippen LogP) is 4.34. The lowest BCUT2D eigenvalue weighted by molar-refractivity contribution is -0.122. The lowest BCUT2D eigenvalue weighted by Crippen LogP contribution is -2.42. The highest BCUT2D eigenvalue weighted by Gasteiger charge is 2.37. The van der Waals surface area contributed by atoms with Gasteiger partial charge in [-0.2, -0.15) is 0 Å². The summed E-state index contributed by atoms with van der Waals surface area (Å²) in [7, 11) is 0. The second-order valence-electron chi connectivity index (χ2n) is 8.24. The van der Waals surface area contributed by atoms with Crippen LogP contribution in [0.4, 0.5) is 17.1 Å². The molecule has 0 aromatic heterocycles. The average Bonchev–Trinajstić information content (AvgIpc) is 3.19. The van der Waals surface area contributed by atoms with Gasteiger partial charge in [0.15, 0.2) is 0 Å². The Morgan fingerprint density at radius 1 is 1.16 bits per heavy atom. The molecular formula is C25H27N3O4. The summed E-state index contributed by atoms with van der Waals surface area (Å²) < 4.78 is 4.98. The lowest BCUT2D eigenvalue weighted by atomic mass is 10.0. The molecule has 4 rings (SSSR count). The van der Waals surface area contributed by atoms with Crippen LogP contribution in [0.5, 0.6) is 0 Å². The number of aryl methyl sites for hydroxylation is 2. The molecule has 1 saturated carbocycles. The minimum absolute atomic E-state index is 0.0731. The normalized spacial score (nSPS) is 17.2. The monoisotopic (exact) mass is 433 g/mol. The van der Waals surface area contributed by atoms with E-state index in [4.69, 9.17) is 9.73 Å². The zero-order valence-corrected chi connectivity index (χ0v) is 18.6. The van der Waals surface area contributed by atoms with Crippen LogP contribution in [0.15, 0.2) is 41.4 Å². The Labute approximate surface area is 187 Å². The number of anilines is 2. The molecule has 2 aromatic rings. The SMILES string of the molecule is CCOC(=O)c1ccc(NC(=O)CN2C(=O)[C@H]3CCCC3=Nc3cc(C)c(C)cc32)cc1. The van der Waals surface area contributed by atoms with Crippen molar-refractivity contribution < 1.29 is 19.1 Å². The molecule has 0 saturated heterocycles. The number of carbonyl (C=O) groups excluding carboxylic acids is 3. The van der Waals surface area contributed by atoms with Crippen LogP contribution in [-0.4, -0.2) is 36.6 Å². The number of ether oxygens (including phenoxy) is 1. The van der Waals surface area contributed by atoms with Gasteiger partial charge in [-0.3, -0.25) is 14.6 Å². The number of rotatable bonds is 5. The van der Waals surface area contributed by atoms with Crippen LogP contribution < -0.4 is 10.2 Å². The lowest BCUT2D eigenvalue weighted by Gasteiger charge is -2.25. The predicted molar refractivity (Wildman–Crippen MR) is 124 cm³/mol. The quantitative estimate of drug-likeness (QED) is 0.711. The van der Waals surface area contributed by atoms with Gasteiger partial charge in [0.05, 0.1) is 29.5 Å². The van der Waals surface area contributed by atoms with Gasteiger partial charge in [0.2, 0.25) is 11.8 Å². The summed E-state index contributed by atoms with van der Waals surface area (Å²) in [4.78, 5) is 44.4. The van der Waals surface area contributed by atoms with E-state index in [1.165, 1.54) is 0 Å². The van der Waals surface area contributed by atoms with Crippen molar-refractivity contribution in [1.29, 1.82) is 0 Å². The molecule has 1 fully saturated rings. The van der Waals surface area contributed by atoms with Gasteiger partial charge in [-0.25, -0.2) is 4.79 Å². The number of nitrogens with one attached hydrogen (secondary N) is 1. The van der Waals surface area contributed by atoms with Crippen LogP contribution in [0.2, 0.25) is 0 Å². The van der Waals surface area contributed by atoms with E-state index in [-0.39, 0.29) is 24.3 Å². The van der Waals surface area contributed by atoms with Crippen LogP contribution in [-0.2, 0) is 14.3 Å². The number of hydrogen-bond donors (Lipinski definition) is 1. The molecule has 7 nitrogen and oxygen atoms in total. The van der Waals surface area contributed by atoms with E-state index in [2.05, 4.69) is 5.32 Å². The van der Waals surface area contributed by atoms with Gasteiger partial charge >= 0.3 is 5.97 Å². The van der Waals surface area contributed by atoms with Crippen molar-refractivity contribution in [2.75, 3.05) is 23.4 Å². The largest absolute Gasteiger partial charge is 0.462 e. The van der Waals surface area contributed by atoms with Crippen LogP contribution >= 0.6 is 0 Å². The van der Waals surface area contributed by atoms with E-state index in [1.54, 1.807) is 36.1 Å². The third-order valence-corrected chi connectivity index (χ3v) is 6.02. The molecule has 0 spiro atoms. The van der Waals surface area contributed by atoms with Gasteiger partial charge in [-0.15, -0.1) is 0 Å². The number of fused-ring (bicyclic) bond motifs is 2. The first-order valence-corrected chi connectivity index (χ1v) is 10.9. The Bertz CT molecular complexity index is 1100. The molecule has 0 radical (unpaired) electrons. The number of carbonyl (C=O) groups is 3. The molecule has 2 aliphatic rings. The molecule has 1 N–H and O–H groups in total. The Balaban J connectivity index is 1.55. The fraction of sp³-hybridized carbons (Fsp3) is 0.360. The van der Waals surface area contributed by atoms with Gasteiger partial charge in [0.1, 0.15) is 6.54 Å². The summed E-state index contributed by atoms with van der Waals surface area (Å²) in [6.45, 7) is 5.95. The molecule has 166 valence electrons. The highest BCUT2D eigenvalue weighted by molar-refractivity contribution is 6.17. The molecule has 1 aliphatic heterocycles. The molecule has 2 amide bonds. The molecule has 32 heavy (non-hydrogen) atoms. The summed E-state index contributed by atoms with van der Waals surface area (Å²) in [5.41, 5.74) is 5.44. The second-order valence-corrected chi connectivity index (χ2v) is 8.24. The third-order valence-electron chi connectivity index (χ3n) is 6.02. The van der Waals surface area contributed by atoms with Crippen molar-refractivity contribution in [1.82, 2.24) is 0 Å². The van der Waals surface area contributed by atoms with Crippen molar-refractivity contribution in [3.63, 3.8) is 0 Å².